The fourth-order valence-corrected chi connectivity index (χ4v) is 9.90. The van der Waals surface area contributed by atoms with Crippen LogP contribution < -0.4 is 4.90 Å². The summed E-state index contributed by atoms with van der Waals surface area (Å²) in [5, 5.41) is 7.51. The Morgan fingerprint density at radius 1 is 0.276 bits per heavy atom. The minimum Gasteiger partial charge on any atom is -0.309 e. The molecule has 0 N–H and O–H groups in total. The monoisotopic (exact) mass is 755 g/mol. The van der Waals surface area contributed by atoms with Gasteiger partial charge in [-0.25, -0.2) is 0 Å². The van der Waals surface area contributed by atoms with Gasteiger partial charge in [-0.1, -0.05) is 194 Å². The summed E-state index contributed by atoms with van der Waals surface area (Å²) in [6, 6.07) is 82.1. The van der Waals surface area contributed by atoms with Gasteiger partial charge in [-0.2, -0.15) is 0 Å². The van der Waals surface area contributed by atoms with Gasteiger partial charge in [0.05, 0.1) is 5.69 Å². The van der Waals surface area contributed by atoms with Gasteiger partial charge in [0.2, 0.25) is 0 Å². The molecule has 0 aliphatic heterocycles. The van der Waals surface area contributed by atoms with Crippen molar-refractivity contribution in [2.45, 2.75) is 0 Å². The number of benzene rings is 10. The summed E-state index contributed by atoms with van der Waals surface area (Å²) >= 11 is 1.86. The van der Waals surface area contributed by atoms with Crippen LogP contribution in [0.4, 0.5) is 17.1 Å². The Hall–Kier alpha value is -7.26. The van der Waals surface area contributed by atoms with Crippen molar-refractivity contribution in [3.63, 3.8) is 0 Å². The van der Waals surface area contributed by atoms with Crippen LogP contribution in [0.25, 0.3) is 86.2 Å². The Labute approximate surface area is 342 Å². The summed E-state index contributed by atoms with van der Waals surface area (Å²) in [4.78, 5) is 2.52. The van der Waals surface area contributed by atoms with E-state index in [2.05, 4.69) is 229 Å². The average Bonchev–Trinajstić information content (AvgIpc) is 3.68. The Balaban J connectivity index is 1.21. The lowest BCUT2D eigenvalue weighted by Gasteiger charge is -2.31. The zero-order valence-corrected chi connectivity index (χ0v) is 32.5. The van der Waals surface area contributed by atoms with Crippen molar-refractivity contribution < 1.29 is 0 Å². The highest BCUT2D eigenvalue weighted by atomic mass is 32.1. The van der Waals surface area contributed by atoms with Gasteiger partial charge in [0.1, 0.15) is 0 Å². The number of rotatable bonds is 7. The lowest BCUT2D eigenvalue weighted by Crippen LogP contribution is -2.12. The predicted molar refractivity (Wildman–Crippen MR) is 251 cm³/mol. The van der Waals surface area contributed by atoms with Crippen LogP contribution in [0, 0.1) is 0 Å². The summed E-state index contributed by atoms with van der Waals surface area (Å²) in [5.74, 6) is 0. The fourth-order valence-electron chi connectivity index (χ4n) is 8.77. The molecule has 0 unspecified atom stereocenters. The van der Waals surface area contributed by atoms with E-state index in [1.54, 1.807) is 0 Å². The molecule has 0 spiro atoms. The SMILES string of the molecule is c1ccc(-c2ccc(-c3ccc(N(c4ccc5c(c4)sc4ccccc45)c4c(-c5ccccc5)c5ccccc5c5ccccc45)cc3-c3ccccc3)cc2)cc1. The number of anilines is 3. The van der Waals surface area contributed by atoms with Crippen LogP contribution in [0.3, 0.4) is 0 Å². The van der Waals surface area contributed by atoms with E-state index in [9.17, 15) is 0 Å². The highest BCUT2D eigenvalue weighted by Crippen LogP contribution is 2.51. The molecule has 2 heteroatoms. The first-order valence-electron chi connectivity index (χ1n) is 19.8. The molecule has 0 saturated carbocycles. The van der Waals surface area contributed by atoms with E-state index in [1.165, 1.54) is 91.9 Å². The summed E-state index contributed by atoms with van der Waals surface area (Å²) in [6.45, 7) is 0. The van der Waals surface area contributed by atoms with Crippen LogP contribution >= 0.6 is 11.3 Å². The van der Waals surface area contributed by atoms with Crippen LogP contribution in [-0.2, 0) is 0 Å². The van der Waals surface area contributed by atoms with Gasteiger partial charge in [0.15, 0.2) is 0 Å². The Morgan fingerprint density at radius 3 is 1.45 bits per heavy atom. The van der Waals surface area contributed by atoms with Crippen LogP contribution in [0.5, 0.6) is 0 Å². The molecule has 1 heterocycles. The van der Waals surface area contributed by atoms with Gasteiger partial charge < -0.3 is 4.90 Å². The molecule has 0 aliphatic rings. The third-order valence-electron chi connectivity index (χ3n) is 11.5. The molecule has 10 aromatic carbocycles. The van der Waals surface area contributed by atoms with Crippen molar-refractivity contribution in [3.05, 3.63) is 224 Å². The quantitative estimate of drug-likeness (QED) is 0.146. The molecule has 0 radical (unpaired) electrons. The van der Waals surface area contributed by atoms with Crippen molar-refractivity contribution >= 4 is 70.1 Å². The predicted octanol–water partition coefficient (Wildman–Crippen LogP) is 16.5. The van der Waals surface area contributed by atoms with Crippen LogP contribution in [0.2, 0.25) is 0 Å². The average molecular weight is 756 g/mol. The first-order chi connectivity index (χ1) is 28.8. The van der Waals surface area contributed by atoms with Crippen molar-refractivity contribution in [1.82, 2.24) is 0 Å². The molecule has 0 fully saturated rings. The Bertz CT molecular complexity index is 3260. The summed E-state index contributed by atoms with van der Waals surface area (Å²) < 4.78 is 2.57. The summed E-state index contributed by atoms with van der Waals surface area (Å²) in [7, 11) is 0. The number of thiophene rings is 1. The molecular weight excluding hydrogens is 719 g/mol. The minimum atomic E-state index is 1.10. The number of nitrogens with zero attached hydrogens (tertiary/aromatic N) is 1. The van der Waals surface area contributed by atoms with Gasteiger partial charge in [-0.15, -0.1) is 11.3 Å². The second kappa shape index (κ2) is 14.4. The molecule has 11 rings (SSSR count). The van der Waals surface area contributed by atoms with Gasteiger partial charge >= 0.3 is 0 Å². The Morgan fingerprint density at radius 2 is 0.741 bits per heavy atom. The molecule has 11 aromatic rings. The number of hydrogen-bond acceptors (Lipinski definition) is 2. The van der Waals surface area contributed by atoms with E-state index in [0.717, 1.165) is 11.4 Å². The lowest BCUT2D eigenvalue weighted by atomic mass is 9.89. The van der Waals surface area contributed by atoms with Crippen molar-refractivity contribution in [2.24, 2.45) is 0 Å². The van der Waals surface area contributed by atoms with Crippen LogP contribution in [0.1, 0.15) is 0 Å². The first-order valence-corrected chi connectivity index (χ1v) is 20.7. The molecule has 0 saturated heterocycles. The largest absolute Gasteiger partial charge is 0.309 e. The van der Waals surface area contributed by atoms with Crippen molar-refractivity contribution in [3.8, 4) is 44.5 Å². The van der Waals surface area contributed by atoms with E-state index in [1.807, 2.05) is 11.3 Å². The van der Waals surface area contributed by atoms with E-state index >= 15 is 0 Å². The molecular formula is C56H37NS. The third kappa shape index (κ3) is 5.86. The standard InChI is InChI=1S/C56H37NS/c1-4-16-38(17-5-1)39-28-30-41(31-29-39)45-34-32-43(36-52(45)40-18-6-2-7-19-40)57(44-33-35-49-48-24-14-15-27-53(48)58-54(49)37-44)56-51-26-13-11-23-47(51)46-22-10-12-25-50(46)55(56)42-20-8-3-9-21-42/h1-37H. The van der Waals surface area contributed by atoms with E-state index in [0.29, 0.717) is 0 Å². The maximum Gasteiger partial charge on any atom is 0.0624 e. The van der Waals surface area contributed by atoms with Gasteiger partial charge in [0, 0.05) is 42.5 Å². The van der Waals surface area contributed by atoms with Gasteiger partial charge in [-0.05, 0) is 85.4 Å². The van der Waals surface area contributed by atoms with Crippen LogP contribution in [0.15, 0.2) is 224 Å². The number of fused-ring (bicyclic) bond motifs is 6. The van der Waals surface area contributed by atoms with Gasteiger partial charge in [-0.3, -0.25) is 0 Å². The minimum absolute atomic E-state index is 1.10. The highest BCUT2D eigenvalue weighted by molar-refractivity contribution is 7.25. The zero-order chi connectivity index (χ0) is 38.4. The molecule has 0 aliphatic carbocycles. The van der Waals surface area contributed by atoms with E-state index in [4.69, 9.17) is 0 Å². The lowest BCUT2D eigenvalue weighted by molar-refractivity contribution is 1.31. The maximum atomic E-state index is 2.52. The molecule has 58 heavy (non-hydrogen) atoms. The van der Waals surface area contributed by atoms with Crippen LogP contribution in [-0.4, -0.2) is 0 Å². The summed E-state index contributed by atoms with van der Waals surface area (Å²) in [5.41, 5.74) is 13.0. The summed E-state index contributed by atoms with van der Waals surface area (Å²) in [6.07, 6.45) is 0. The molecule has 1 nitrogen and oxygen atoms in total. The van der Waals surface area contributed by atoms with E-state index < -0.39 is 0 Å². The Kier molecular flexibility index (Phi) is 8.42. The molecule has 0 bridgehead atoms. The normalized spacial score (nSPS) is 11.4. The molecule has 1 aromatic heterocycles. The second-order valence-electron chi connectivity index (χ2n) is 14.8. The number of hydrogen-bond donors (Lipinski definition) is 0. The van der Waals surface area contributed by atoms with Crippen molar-refractivity contribution in [2.75, 3.05) is 4.90 Å². The van der Waals surface area contributed by atoms with Crippen molar-refractivity contribution in [1.29, 1.82) is 0 Å². The molecule has 0 amide bonds. The maximum absolute atomic E-state index is 2.52. The first kappa shape index (κ1) is 34.0. The smallest absolute Gasteiger partial charge is 0.0624 e. The topological polar surface area (TPSA) is 3.24 Å². The third-order valence-corrected chi connectivity index (χ3v) is 12.6. The second-order valence-corrected chi connectivity index (χ2v) is 15.9. The zero-order valence-electron chi connectivity index (χ0n) is 31.7. The fraction of sp³-hybridized carbons (Fsp3) is 0. The highest BCUT2D eigenvalue weighted by Gasteiger charge is 2.25. The van der Waals surface area contributed by atoms with E-state index in [-0.39, 0.29) is 0 Å². The van der Waals surface area contributed by atoms with Gasteiger partial charge in [0.25, 0.3) is 0 Å². The molecule has 272 valence electrons. The molecule has 0 atom stereocenters.